The van der Waals surface area contributed by atoms with E-state index in [-0.39, 0.29) is 18.2 Å². The van der Waals surface area contributed by atoms with E-state index in [0.29, 0.717) is 17.7 Å². The lowest BCUT2D eigenvalue weighted by molar-refractivity contribution is -0.136. The molecule has 0 saturated carbocycles. The number of piperazine rings is 1. The third kappa shape index (κ3) is 2.82. The predicted molar refractivity (Wildman–Crippen MR) is 93.6 cm³/mol. The monoisotopic (exact) mass is 356 g/mol. The number of hydrogen-bond acceptors (Lipinski definition) is 6. The molecular weight excluding hydrogens is 336 g/mol. The summed E-state index contributed by atoms with van der Waals surface area (Å²) >= 11 is 0. The van der Waals surface area contributed by atoms with Crippen LogP contribution in [0.1, 0.15) is 23.2 Å². The van der Waals surface area contributed by atoms with Crippen molar-refractivity contribution in [1.29, 1.82) is 0 Å². The lowest BCUT2D eigenvalue weighted by Gasteiger charge is -2.36. The molecule has 1 aromatic carbocycles. The molecule has 4 rings (SSSR count). The summed E-state index contributed by atoms with van der Waals surface area (Å²) in [6, 6.07) is 4.68. The van der Waals surface area contributed by atoms with Crippen LogP contribution in [0.3, 0.4) is 0 Å². The highest BCUT2D eigenvalue weighted by Gasteiger charge is 2.33. The molecule has 8 nitrogen and oxygen atoms in total. The molecule has 3 amide bonds. The van der Waals surface area contributed by atoms with Gasteiger partial charge in [0.1, 0.15) is 12.3 Å². The van der Waals surface area contributed by atoms with E-state index < -0.39 is 11.9 Å². The maximum atomic E-state index is 12.8. The lowest BCUT2D eigenvalue weighted by Crippen LogP contribution is -2.52. The number of fused-ring (bicyclic) bond motifs is 3. The first-order chi connectivity index (χ1) is 12.5. The summed E-state index contributed by atoms with van der Waals surface area (Å²) in [6.07, 6.45) is 2.27. The Kier molecular flexibility index (Phi) is 4.12. The zero-order valence-corrected chi connectivity index (χ0v) is 14.4. The van der Waals surface area contributed by atoms with Crippen molar-refractivity contribution in [2.45, 2.75) is 18.9 Å². The molecule has 0 bridgehead atoms. The summed E-state index contributed by atoms with van der Waals surface area (Å²) in [7, 11) is 1.58. The number of nitrogens with one attached hydrogen (secondary N) is 2. The Hall–Kier alpha value is -2.87. The molecule has 8 heteroatoms. The number of rotatable bonds is 2. The van der Waals surface area contributed by atoms with E-state index >= 15 is 0 Å². The normalized spacial score (nSPS) is 21.8. The van der Waals surface area contributed by atoms with E-state index in [1.54, 1.807) is 25.4 Å². The van der Waals surface area contributed by atoms with Crippen molar-refractivity contribution in [3.05, 3.63) is 35.7 Å². The van der Waals surface area contributed by atoms with Crippen molar-refractivity contribution in [3.63, 3.8) is 0 Å². The average Bonchev–Trinajstić information content (AvgIpc) is 2.66. The number of likely N-dealkylation sites (N-methyl/N-ethyl adjacent to an activating group) is 1. The van der Waals surface area contributed by atoms with Crippen molar-refractivity contribution in [2.24, 2.45) is 0 Å². The highest BCUT2D eigenvalue weighted by Crippen LogP contribution is 2.36. The molecule has 26 heavy (non-hydrogen) atoms. The molecule has 3 heterocycles. The van der Waals surface area contributed by atoms with Gasteiger partial charge in [-0.15, -0.1) is 0 Å². The van der Waals surface area contributed by atoms with Crippen LogP contribution >= 0.6 is 0 Å². The van der Waals surface area contributed by atoms with Crippen molar-refractivity contribution >= 4 is 23.4 Å². The van der Waals surface area contributed by atoms with E-state index in [0.717, 1.165) is 31.0 Å². The van der Waals surface area contributed by atoms with Crippen LogP contribution in [0, 0.1) is 0 Å². The van der Waals surface area contributed by atoms with E-state index in [1.807, 2.05) is 6.07 Å². The summed E-state index contributed by atoms with van der Waals surface area (Å²) in [6.45, 7) is 2.47. The Morgan fingerprint density at radius 2 is 2.19 bits per heavy atom. The first-order valence-electron chi connectivity index (χ1n) is 8.63. The highest BCUT2D eigenvalue weighted by molar-refractivity contribution is 6.04. The first-order valence-corrected chi connectivity index (χ1v) is 8.63. The van der Waals surface area contributed by atoms with Gasteiger partial charge in [-0.1, -0.05) is 0 Å². The Labute approximate surface area is 150 Å². The molecule has 2 saturated heterocycles. The number of piperidine rings is 1. The Bertz CT molecular complexity index is 819. The second-order valence-corrected chi connectivity index (χ2v) is 6.62. The summed E-state index contributed by atoms with van der Waals surface area (Å²) in [5.74, 6) is -0.383. The zero-order valence-electron chi connectivity index (χ0n) is 14.4. The first kappa shape index (κ1) is 16.6. The summed E-state index contributed by atoms with van der Waals surface area (Å²) < 4.78 is 5.71. The van der Waals surface area contributed by atoms with E-state index in [4.69, 9.17) is 4.74 Å². The van der Waals surface area contributed by atoms with Crippen molar-refractivity contribution in [2.75, 3.05) is 31.6 Å². The molecule has 0 spiro atoms. The number of carbonyl (C=O) groups excluding carboxylic acids is 3. The van der Waals surface area contributed by atoms with Crippen LogP contribution in [0.25, 0.3) is 0 Å². The second kappa shape index (κ2) is 6.45. The predicted octanol–water partition coefficient (Wildman–Crippen LogP) is 0.207. The van der Waals surface area contributed by atoms with Crippen molar-refractivity contribution in [3.8, 4) is 5.75 Å². The fourth-order valence-electron chi connectivity index (χ4n) is 3.52. The Morgan fingerprint density at radius 1 is 1.35 bits per heavy atom. The van der Waals surface area contributed by atoms with Crippen LogP contribution in [0.5, 0.6) is 5.75 Å². The van der Waals surface area contributed by atoms with E-state index in [9.17, 15) is 14.4 Å². The van der Waals surface area contributed by atoms with Crippen LogP contribution in [-0.2, 0) is 9.59 Å². The van der Waals surface area contributed by atoms with Gasteiger partial charge in [0.2, 0.25) is 11.8 Å². The standard InChI is InChI=1S/C18H20N4O4/c1-21(14-4-5-16(23)20-17(14)24)18(25)11-2-3-13-15(8-11)26-10-12-9-19-6-7-22(12)13/h2-3,8,10,14,19H,4-7,9H2,1H3,(H,20,23,24). The molecule has 1 aromatic rings. The van der Waals surface area contributed by atoms with E-state index in [1.165, 1.54) is 4.90 Å². The number of imide groups is 1. The number of amides is 3. The van der Waals surface area contributed by atoms with Crippen LogP contribution in [0.2, 0.25) is 0 Å². The van der Waals surface area contributed by atoms with E-state index in [2.05, 4.69) is 15.5 Å². The largest absolute Gasteiger partial charge is 0.461 e. The number of hydrogen-bond donors (Lipinski definition) is 2. The molecule has 2 N–H and O–H groups in total. The van der Waals surface area contributed by atoms with Gasteiger partial charge in [-0.3, -0.25) is 19.7 Å². The molecule has 136 valence electrons. The Morgan fingerprint density at radius 3 is 3.00 bits per heavy atom. The van der Waals surface area contributed by atoms with Gasteiger partial charge in [-0.05, 0) is 24.6 Å². The molecule has 2 fully saturated rings. The van der Waals surface area contributed by atoms with Crippen molar-refractivity contribution < 1.29 is 19.1 Å². The maximum Gasteiger partial charge on any atom is 0.254 e. The number of nitrogens with zero attached hydrogens (tertiary/aromatic N) is 2. The SMILES string of the molecule is CN(C(=O)c1ccc2c(c1)OC=C1CNCCN12)C1CCC(=O)NC1=O. The molecule has 3 aliphatic rings. The molecule has 0 aromatic heterocycles. The minimum Gasteiger partial charge on any atom is -0.461 e. The summed E-state index contributed by atoms with van der Waals surface area (Å²) in [5, 5.41) is 5.57. The number of ether oxygens (including phenoxy) is 1. The highest BCUT2D eigenvalue weighted by atomic mass is 16.5. The third-order valence-corrected chi connectivity index (χ3v) is 4.98. The van der Waals surface area contributed by atoms with Crippen molar-refractivity contribution in [1.82, 2.24) is 15.5 Å². The van der Waals surface area contributed by atoms with Crippen LogP contribution in [0.4, 0.5) is 5.69 Å². The van der Waals surface area contributed by atoms with Crippen LogP contribution in [-0.4, -0.2) is 55.3 Å². The van der Waals surface area contributed by atoms with Gasteiger partial charge in [0.15, 0.2) is 5.75 Å². The lowest BCUT2D eigenvalue weighted by atomic mass is 10.0. The third-order valence-electron chi connectivity index (χ3n) is 4.98. The topological polar surface area (TPSA) is 91.0 Å². The molecule has 1 atom stereocenters. The van der Waals surface area contributed by atoms with Gasteiger partial charge in [0, 0.05) is 38.7 Å². The minimum absolute atomic E-state index is 0.234. The molecular formula is C18H20N4O4. The minimum atomic E-state index is -0.642. The molecule has 0 radical (unpaired) electrons. The quantitative estimate of drug-likeness (QED) is 0.736. The van der Waals surface area contributed by atoms with Crippen LogP contribution < -0.4 is 20.3 Å². The van der Waals surface area contributed by atoms with Gasteiger partial charge in [0.05, 0.1) is 11.4 Å². The van der Waals surface area contributed by atoms with Gasteiger partial charge in [0.25, 0.3) is 5.91 Å². The molecule has 0 aliphatic carbocycles. The van der Waals surface area contributed by atoms with Gasteiger partial charge in [-0.25, -0.2) is 0 Å². The molecule has 3 aliphatic heterocycles. The Balaban J connectivity index is 1.55. The smallest absolute Gasteiger partial charge is 0.254 e. The van der Waals surface area contributed by atoms with Gasteiger partial charge >= 0.3 is 0 Å². The number of anilines is 1. The summed E-state index contributed by atoms with van der Waals surface area (Å²) in [4.78, 5) is 39.7. The van der Waals surface area contributed by atoms with Gasteiger partial charge < -0.3 is 19.9 Å². The maximum absolute atomic E-state index is 12.8. The number of benzene rings is 1. The average molecular weight is 356 g/mol. The fourth-order valence-corrected chi connectivity index (χ4v) is 3.52. The van der Waals surface area contributed by atoms with Crippen LogP contribution in [0.15, 0.2) is 30.2 Å². The zero-order chi connectivity index (χ0) is 18.3. The summed E-state index contributed by atoms with van der Waals surface area (Å²) in [5.41, 5.74) is 2.44. The fraction of sp³-hybridized carbons (Fsp3) is 0.389. The second-order valence-electron chi connectivity index (χ2n) is 6.62. The van der Waals surface area contributed by atoms with Gasteiger partial charge in [-0.2, -0.15) is 0 Å². The molecule has 1 unspecified atom stereocenters. The number of carbonyl (C=O) groups is 3.